The zero-order chi connectivity index (χ0) is 30.2. The maximum absolute atomic E-state index is 13.9. The molecule has 0 radical (unpaired) electrons. The van der Waals surface area contributed by atoms with Gasteiger partial charge in [-0.05, 0) is 75.1 Å². The Bertz CT molecular complexity index is 1420. The molecule has 2 amide bonds. The molecule has 0 spiro atoms. The molecule has 7 nitrogen and oxygen atoms in total. The predicted molar refractivity (Wildman–Crippen MR) is 161 cm³/mol. The molecule has 1 N–H and O–H groups in total. The van der Waals surface area contributed by atoms with E-state index in [9.17, 15) is 22.4 Å². The van der Waals surface area contributed by atoms with Crippen molar-refractivity contribution in [3.63, 3.8) is 0 Å². The molecular formula is C32H40FN3O4S. The molecular weight excluding hydrogens is 541 g/mol. The lowest BCUT2D eigenvalue weighted by atomic mass is 9.99. The molecule has 3 rings (SSSR count). The van der Waals surface area contributed by atoms with E-state index in [1.165, 1.54) is 28.6 Å². The molecule has 0 heterocycles. The summed E-state index contributed by atoms with van der Waals surface area (Å²) in [7, 11) is -3.67. The number of halogens is 1. The minimum absolute atomic E-state index is 0.0210. The van der Waals surface area contributed by atoms with E-state index < -0.39 is 27.4 Å². The van der Waals surface area contributed by atoms with E-state index >= 15 is 0 Å². The van der Waals surface area contributed by atoms with Gasteiger partial charge in [0.1, 0.15) is 11.9 Å². The molecule has 0 bridgehead atoms. The molecule has 0 aromatic heterocycles. The van der Waals surface area contributed by atoms with Crippen molar-refractivity contribution in [2.45, 2.75) is 65.1 Å². The molecule has 3 aromatic rings. The predicted octanol–water partition coefficient (Wildman–Crippen LogP) is 5.24. The van der Waals surface area contributed by atoms with Crippen molar-refractivity contribution >= 4 is 27.5 Å². The van der Waals surface area contributed by atoms with Gasteiger partial charge >= 0.3 is 0 Å². The summed E-state index contributed by atoms with van der Waals surface area (Å²) in [5.74, 6) is -0.986. The second kappa shape index (κ2) is 13.8. The Labute approximate surface area is 243 Å². The Morgan fingerprint density at radius 1 is 0.927 bits per heavy atom. The van der Waals surface area contributed by atoms with Crippen LogP contribution in [0.3, 0.4) is 0 Å². The number of benzene rings is 3. The van der Waals surface area contributed by atoms with Crippen molar-refractivity contribution in [2.75, 3.05) is 17.1 Å². The van der Waals surface area contributed by atoms with Crippen LogP contribution in [0.5, 0.6) is 0 Å². The fourth-order valence-electron chi connectivity index (χ4n) is 4.59. The van der Waals surface area contributed by atoms with Gasteiger partial charge in [0.25, 0.3) is 0 Å². The molecule has 220 valence electrons. The van der Waals surface area contributed by atoms with Crippen LogP contribution in [0.15, 0.2) is 78.9 Å². The number of carbonyl (C=O) groups excluding carboxylic acids is 2. The summed E-state index contributed by atoms with van der Waals surface area (Å²) in [6, 6.07) is 21.7. The number of rotatable bonds is 12. The topological polar surface area (TPSA) is 86.8 Å². The van der Waals surface area contributed by atoms with Gasteiger partial charge < -0.3 is 10.2 Å². The summed E-state index contributed by atoms with van der Waals surface area (Å²) in [6.45, 7) is 7.92. The molecule has 1 atom stereocenters. The lowest BCUT2D eigenvalue weighted by molar-refractivity contribution is -0.142. The zero-order valence-corrected chi connectivity index (χ0v) is 25.2. The van der Waals surface area contributed by atoms with Crippen molar-refractivity contribution in [1.82, 2.24) is 10.2 Å². The summed E-state index contributed by atoms with van der Waals surface area (Å²) < 4.78 is 39.7. The van der Waals surface area contributed by atoms with Gasteiger partial charge in [-0.25, -0.2) is 12.8 Å². The van der Waals surface area contributed by atoms with Crippen LogP contribution in [-0.4, -0.2) is 49.5 Å². The van der Waals surface area contributed by atoms with Crippen molar-refractivity contribution in [3.05, 3.63) is 101 Å². The van der Waals surface area contributed by atoms with E-state index in [0.29, 0.717) is 12.1 Å². The van der Waals surface area contributed by atoms with Gasteiger partial charge in [0.2, 0.25) is 21.8 Å². The second-order valence-electron chi connectivity index (χ2n) is 11.3. The Balaban J connectivity index is 1.91. The van der Waals surface area contributed by atoms with E-state index in [1.807, 2.05) is 82.3 Å². The molecule has 0 aliphatic heterocycles. The SMILES string of the molecule is Cc1ccccc1CN(C(=O)CCCN(c1ccc(F)cc1)S(C)(=O)=O)[C@@H](Cc1ccccc1)C(=O)NC(C)(C)C. The van der Waals surface area contributed by atoms with Crippen LogP contribution in [0.1, 0.15) is 50.3 Å². The van der Waals surface area contributed by atoms with Crippen LogP contribution in [0.2, 0.25) is 0 Å². The van der Waals surface area contributed by atoms with Crippen LogP contribution in [0, 0.1) is 12.7 Å². The van der Waals surface area contributed by atoms with Crippen LogP contribution in [0.4, 0.5) is 10.1 Å². The van der Waals surface area contributed by atoms with Crippen LogP contribution >= 0.6 is 0 Å². The van der Waals surface area contributed by atoms with Gasteiger partial charge in [-0.2, -0.15) is 0 Å². The molecule has 41 heavy (non-hydrogen) atoms. The first-order chi connectivity index (χ1) is 19.2. The van der Waals surface area contributed by atoms with E-state index in [0.717, 1.165) is 22.9 Å². The largest absolute Gasteiger partial charge is 0.350 e. The highest BCUT2D eigenvalue weighted by Crippen LogP contribution is 2.21. The molecule has 3 aromatic carbocycles. The highest BCUT2D eigenvalue weighted by atomic mass is 32.2. The van der Waals surface area contributed by atoms with Crippen molar-refractivity contribution < 1.29 is 22.4 Å². The molecule has 0 aliphatic rings. The number of nitrogens with zero attached hydrogens (tertiary/aromatic N) is 2. The van der Waals surface area contributed by atoms with Gasteiger partial charge in [0.15, 0.2) is 0 Å². The number of sulfonamides is 1. The summed E-state index contributed by atoms with van der Waals surface area (Å²) in [5.41, 5.74) is 2.66. The van der Waals surface area contributed by atoms with E-state index in [4.69, 9.17) is 0 Å². The number of aryl methyl sites for hydroxylation is 1. The fraction of sp³-hybridized carbons (Fsp3) is 0.375. The van der Waals surface area contributed by atoms with Gasteiger partial charge in [-0.1, -0.05) is 54.6 Å². The maximum Gasteiger partial charge on any atom is 0.243 e. The smallest absolute Gasteiger partial charge is 0.243 e. The van der Waals surface area contributed by atoms with E-state index in [-0.39, 0.29) is 37.7 Å². The molecule has 9 heteroatoms. The molecule has 0 saturated heterocycles. The molecule has 0 fully saturated rings. The van der Waals surface area contributed by atoms with Crippen molar-refractivity contribution in [3.8, 4) is 0 Å². The highest BCUT2D eigenvalue weighted by Gasteiger charge is 2.32. The van der Waals surface area contributed by atoms with Gasteiger partial charge in [-0.3, -0.25) is 13.9 Å². The maximum atomic E-state index is 13.9. The number of anilines is 1. The second-order valence-corrected chi connectivity index (χ2v) is 13.2. The normalized spacial score (nSPS) is 12.4. The Morgan fingerprint density at radius 3 is 2.12 bits per heavy atom. The summed E-state index contributed by atoms with van der Waals surface area (Å²) >= 11 is 0. The van der Waals surface area contributed by atoms with E-state index in [1.54, 1.807) is 4.90 Å². The number of carbonyl (C=O) groups is 2. The summed E-state index contributed by atoms with van der Waals surface area (Å²) in [4.78, 5) is 29.2. The average Bonchev–Trinajstić information content (AvgIpc) is 2.89. The standard InChI is InChI=1S/C32H40FN3O4S/c1-24-12-9-10-15-26(24)23-35(29(31(38)34-32(2,3)4)22-25-13-7-6-8-14-25)30(37)16-11-21-36(41(5,39)40)28-19-17-27(33)18-20-28/h6-10,12-15,17-20,29H,11,16,21-23H2,1-5H3,(H,34,38)/t29-/m0/s1. The Kier molecular flexibility index (Phi) is 10.7. The van der Waals surface area contributed by atoms with Crippen molar-refractivity contribution in [2.24, 2.45) is 0 Å². The lowest BCUT2D eigenvalue weighted by Crippen LogP contribution is -2.54. The minimum atomic E-state index is -3.67. The Hall–Kier alpha value is -3.72. The third-order valence-electron chi connectivity index (χ3n) is 6.64. The van der Waals surface area contributed by atoms with Crippen molar-refractivity contribution in [1.29, 1.82) is 0 Å². The highest BCUT2D eigenvalue weighted by molar-refractivity contribution is 7.92. The third kappa shape index (κ3) is 9.70. The monoisotopic (exact) mass is 581 g/mol. The summed E-state index contributed by atoms with van der Waals surface area (Å²) in [5, 5.41) is 3.04. The summed E-state index contributed by atoms with van der Waals surface area (Å²) in [6.07, 6.45) is 1.64. The first-order valence-corrected chi connectivity index (χ1v) is 15.5. The molecule has 0 aliphatic carbocycles. The number of hydrogen-bond donors (Lipinski definition) is 1. The number of amides is 2. The van der Waals surface area contributed by atoms with E-state index in [2.05, 4.69) is 5.32 Å². The zero-order valence-electron chi connectivity index (χ0n) is 24.4. The number of nitrogens with one attached hydrogen (secondary N) is 1. The number of hydrogen-bond acceptors (Lipinski definition) is 4. The third-order valence-corrected chi connectivity index (χ3v) is 7.83. The van der Waals surface area contributed by atoms with Crippen LogP contribution in [0.25, 0.3) is 0 Å². The quantitative estimate of drug-likeness (QED) is 0.317. The van der Waals surface area contributed by atoms with Gasteiger partial charge in [0.05, 0.1) is 11.9 Å². The first kappa shape index (κ1) is 31.8. The molecule has 0 saturated carbocycles. The van der Waals surface area contributed by atoms with Crippen LogP contribution in [-0.2, 0) is 32.6 Å². The lowest BCUT2D eigenvalue weighted by Gasteiger charge is -2.34. The Morgan fingerprint density at radius 2 is 1.54 bits per heavy atom. The first-order valence-electron chi connectivity index (χ1n) is 13.7. The fourth-order valence-corrected chi connectivity index (χ4v) is 5.55. The minimum Gasteiger partial charge on any atom is -0.350 e. The van der Waals surface area contributed by atoms with Gasteiger partial charge in [0, 0.05) is 31.5 Å². The molecule has 0 unspecified atom stereocenters. The van der Waals surface area contributed by atoms with Gasteiger partial charge in [-0.15, -0.1) is 0 Å². The van der Waals surface area contributed by atoms with Crippen LogP contribution < -0.4 is 9.62 Å². The average molecular weight is 582 g/mol.